The number of ether oxygens (including phenoxy) is 2. The van der Waals surface area contributed by atoms with Crippen LogP contribution < -0.4 is 0 Å². The van der Waals surface area contributed by atoms with E-state index in [0.29, 0.717) is 12.8 Å². The summed E-state index contributed by atoms with van der Waals surface area (Å²) in [5.41, 5.74) is 0. The Kier molecular flexibility index (Phi) is 27.1. The molecule has 220 valence electrons. The number of rotatable bonds is 28. The molecule has 0 aliphatic heterocycles. The van der Waals surface area contributed by atoms with Gasteiger partial charge in [-0.15, -0.1) is 0 Å². The van der Waals surface area contributed by atoms with Gasteiger partial charge in [-0.25, -0.2) is 0 Å². The van der Waals surface area contributed by atoms with Crippen LogP contribution in [0.4, 0.5) is 0 Å². The van der Waals surface area contributed by atoms with Gasteiger partial charge in [-0.1, -0.05) is 143 Å². The normalized spacial score (nSPS) is 12.9. The Morgan fingerprint density at radius 1 is 0.568 bits per heavy atom. The molecule has 0 radical (unpaired) electrons. The van der Waals surface area contributed by atoms with Gasteiger partial charge in [0.15, 0.2) is 0 Å². The van der Waals surface area contributed by atoms with Crippen molar-refractivity contribution in [3.63, 3.8) is 0 Å². The molecular weight excluding hydrogens is 464 g/mol. The first kappa shape index (κ1) is 35.9. The fourth-order valence-electron chi connectivity index (χ4n) is 4.53. The standard InChI is InChI=1S/C32H62O5/c1-4-6-7-8-9-10-11-12-13-14-15-19-22-25-31(34)36-27-30(33)28-37-32(35)26-23-20-17-16-18-21-24-29(3)5-2/h29-30,33H,4-28H2,1-3H3/t29?,30-/m0/s1. The van der Waals surface area contributed by atoms with E-state index in [0.717, 1.165) is 38.0 Å². The number of unbranched alkanes of at least 4 members (excludes halogenated alkanes) is 17. The molecule has 37 heavy (non-hydrogen) atoms. The molecule has 0 aromatic rings. The minimum absolute atomic E-state index is 0.110. The van der Waals surface area contributed by atoms with Crippen LogP contribution >= 0.6 is 0 Å². The zero-order chi connectivity index (χ0) is 27.4. The second-order valence-corrected chi connectivity index (χ2v) is 11.2. The summed E-state index contributed by atoms with van der Waals surface area (Å²) in [6.45, 7) is 6.60. The van der Waals surface area contributed by atoms with Gasteiger partial charge in [-0.2, -0.15) is 0 Å². The largest absolute Gasteiger partial charge is 0.463 e. The van der Waals surface area contributed by atoms with Crippen LogP contribution in [0.3, 0.4) is 0 Å². The third-order valence-corrected chi connectivity index (χ3v) is 7.38. The summed E-state index contributed by atoms with van der Waals surface area (Å²) in [5.74, 6) is 0.268. The van der Waals surface area contributed by atoms with Gasteiger partial charge < -0.3 is 14.6 Å². The van der Waals surface area contributed by atoms with E-state index in [1.165, 1.54) is 103 Å². The summed E-state index contributed by atoms with van der Waals surface area (Å²) in [5, 5.41) is 9.93. The minimum Gasteiger partial charge on any atom is -0.463 e. The monoisotopic (exact) mass is 526 g/mol. The Balaban J connectivity index is 3.43. The van der Waals surface area contributed by atoms with Crippen molar-refractivity contribution in [3.05, 3.63) is 0 Å². The zero-order valence-corrected chi connectivity index (χ0v) is 24.9. The molecule has 0 saturated heterocycles. The Bertz CT molecular complexity index is 507. The Hall–Kier alpha value is -1.10. The highest BCUT2D eigenvalue weighted by Gasteiger charge is 2.12. The number of carbonyl (C=O) groups is 2. The van der Waals surface area contributed by atoms with Crippen LogP contribution in [0.25, 0.3) is 0 Å². The maximum absolute atomic E-state index is 11.9. The topological polar surface area (TPSA) is 72.8 Å². The maximum Gasteiger partial charge on any atom is 0.305 e. The third-order valence-electron chi connectivity index (χ3n) is 7.38. The minimum atomic E-state index is -0.954. The van der Waals surface area contributed by atoms with E-state index >= 15 is 0 Å². The lowest BCUT2D eigenvalue weighted by atomic mass is 10.00. The summed E-state index contributed by atoms with van der Waals surface area (Å²) in [4.78, 5) is 23.7. The first-order valence-corrected chi connectivity index (χ1v) is 16.0. The van der Waals surface area contributed by atoms with E-state index in [1.807, 2.05) is 0 Å². The van der Waals surface area contributed by atoms with Gasteiger partial charge in [-0.05, 0) is 18.8 Å². The molecule has 0 aliphatic rings. The van der Waals surface area contributed by atoms with Gasteiger partial charge in [0.2, 0.25) is 0 Å². The molecule has 0 aliphatic carbocycles. The Labute approximate surface area is 229 Å². The number of carbonyl (C=O) groups excluding carboxylic acids is 2. The molecule has 0 bridgehead atoms. The van der Waals surface area contributed by atoms with Gasteiger partial charge >= 0.3 is 11.9 Å². The SMILES string of the molecule is CCCCCCCCCCCCCCCC(=O)OC[C@H](O)COC(=O)CCCCCCCCC(C)CC. The summed E-state index contributed by atoms with van der Waals surface area (Å²) < 4.78 is 10.3. The molecule has 2 atom stereocenters. The van der Waals surface area contributed by atoms with Crippen LogP contribution in [0, 0.1) is 5.92 Å². The van der Waals surface area contributed by atoms with E-state index in [4.69, 9.17) is 9.47 Å². The van der Waals surface area contributed by atoms with Gasteiger partial charge in [0.05, 0.1) is 0 Å². The van der Waals surface area contributed by atoms with Gasteiger partial charge in [0.25, 0.3) is 0 Å². The molecular formula is C32H62O5. The molecule has 0 spiro atoms. The molecule has 0 aromatic carbocycles. The van der Waals surface area contributed by atoms with Crippen LogP contribution in [-0.2, 0) is 19.1 Å². The van der Waals surface area contributed by atoms with Crippen molar-refractivity contribution in [3.8, 4) is 0 Å². The lowest BCUT2D eigenvalue weighted by molar-refractivity contribution is -0.152. The summed E-state index contributed by atoms with van der Waals surface area (Å²) in [7, 11) is 0. The highest BCUT2D eigenvalue weighted by molar-refractivity contribution is 5.69. The number of hydrogen-bond acceptors (Lipinski definition) is 5. The smallest absolute Gasteiger partial charge is 0.305 e. The van der Waals surface area contributed by atoms with Crippen molar-refractivity contribution >= 4 is 11.9 Å². The van der Waals surface area contributed by atoms with E-state index in [-0.39, 0.29) is 25.2 Å². The van der Waals surface area contributed by atoms with Gasteiger partial charge in [0, 0.05) is 12.8 Å². The lowest BCUT2D eigenvalue weighted by Gasteiger charge is -2.12. The van der Waals surface area contributed by atoms with Crippen LogP contribution in [0.5, 0.6) is 0 Å². The second kappa shape index (κ2) is 27.9. The van der Waals surface area contributed by atoms with E-state index in [2.05, 4.69) is 20.8 Å². The molecule has 0 saturated carbocycles. The van der Waals surface area contributed by atoms with Crippen LogP contribution in [0.1, 0.15) is 168 Å². The summed E-state index contributed by atoms with van der Waals surface area (Å²) in [6, 6.07) is 0. The highest BCUT2D eigenvalue weighted by Crippen LogP contribution is 2.15. The third kappa shape index (κ3) is 27.7. The predicted molar refractivity (Wildman–Crippen MR) is 155 cm³/mol. The summed E-state index contributed by atoms with van der Waals surface area (Å²) >= 11 is 0. The van der Waals surface area contributed by atoms with Crippen molar-refractivity contribution in [2.45, 2.75) is 175 Å². The fourth-order valence-corrected chi connectivity index (χ4v) is 4.53. The van der Waals surface area contributed by atoms with Gasteiger partial charge in [-0.3, -0.25) is 9.59 Å². The number of hydrogen-bond donors (Lipinski definition) is 1. The molecule has 0 fully saturated rings. The van der Waals surface area contributed by atoms with E-state index in [1.54, 1.807) is 0 Å². The first-order chi connectivity index (χ1) is 18.0. The van der Waals surface area contributed by atoms with Crippen molar-refractivity contribution in [1.29, 1.82) is 0 Å². The van der Waals surface area contributed by atoms with E-state index < -0.39 is 6.10 Å². The molecule has 0 aromatic heterocycles. The van der Waals surface area contributed by atoms with Gasteiger partial charge in [0.1, 0.15) is 19.3 Å². The first-order valence-electron chi connectivity index (χ1n) is 16.0. The molecule has 0 amide bonds. The second-order valence-electron chi connectivity index (χ2n) is 11.2. The molecule has 5 heteroatoms. The molecule has 1 N–H and O–H groups in total. The van der Waals surface area contributed by atoms with Crippen molar-refractivity contribution in [2.75, 3.05) is 13.2 Å². The van der Waals surface area contributed by atoms with Crippen molar-refractivity contribution < 1.29 is 24.2 Å². The molecule has 1 unspecified atom stereocenters. The number of aliphatic hydroxyl groups excluding tert-OH is 1. The quantitative estimate of drug-likeness (QED) is 0.0813. The average molecular weight is 527 g/mol. The van der Waals surface area contributed by atoms with Crippen molar-refractivity contribution in [1.82, 2.24) is 0 Å². The number of esters is 2. The maximum atomic E-state index is 11.9. The predicted octanol–water partition coefficient (Wildman–Crippen LogP) is 9.08. The average Bonchev–Trinajstić information content (AvgIpc) is 2.90. The van der Waals surface area contributed by atoms with Crippen LogP contribution in [-0.4, -0.2) is 36.4 Å². The van der Waals surface area contributed by atoms with E-state index in [9.17, 15) is 14.7 Å². The Morgan fingerprint density at radius 3 is 1.30 bits per heavy atom. The van der Waals surface area contributed by atoms with Crippen LogP contribution in [0.2, 0.25) is 0 Å². The number of aliphatic hydroxyl groups is 1. The fraction of sp³-hybridized carbons (Fsp3) is 0.938. The van der Waals surface area contributed by atoms with Crippen LogP contribution in [0.15, 0.2) is 0 Å². The zero-order valence-electron chi connectivity index (χ0n) is 24.9. The highest BCUT2D eigenvalue weighted by atomic mass is 16.6. The molecule has 5 nitrogen and oxygen atoms in total. The molecule has 0 rings (SSSR count). The summed E-state index contributed by atoms with van der Waals surface area (Å²) in [6.07, 6.45) is 25.8. The molecule has 0 heterocycles. The lowest BCUT2D eigenvalue weighted by Crippen LogP contribution is -2.25. The Morgan fingerprint density at radius 2 is 0.919 bits per heavy atom. The van der Waals surface area contributed by atoms with Crippen molar-refractivity contribution in [2.24, 2.45) is 5.92 Å².